The third kappa shape index (κ3) is 3.26. The predicted octanol–water partition coefficient (Wildman–Crippen LogP) is 4.14. The number of fused-ring (bicyclic) bond motifs is 2. The number of hydrogen-bond donors (Lipinski definition) is 1. The molecule has 0 aliphatic rings. The first-order chi connectivity index (χ1) is 13.7. The highest BCUT2D eigenvalue weighted by Gasteiger charge is 2.13. The summed E-state index contributed by atoms with van der Waals surface area (Å²) >= 11 is 0. The van der Waals surface area contributed by atoms with Gasteiger partial charge in [-0.15, -0.1) is 0 Å². The van der Waals surface area contributed by atoms with Gasteiger partial charge < -0.3 is 14.3 Å². The van der Waals surface area contributed by atoms with Gasteiger partial charge in [0.2, 0.25) is 0 Å². The molecule has 0 saturated heterocycles. The topological polar surface area (TPSA) is 83.7 Å². The van der Waals surface area contributed by atoms with Crippen LogP contribution in [0, 0.1) is 11.3 Å². The van der Waals surface area contributed by atoms with Crippen LogP contribution in [0.1, 0.15) is 18.3 Å². The number of carbonyl (C=O) groups excluding carboxylic acids is 1. The van der Waals surface area contributed by atoms with E-state index in [4.69, 9.17) is 4.74 Å². The molecule has 0 aliphatic carbocycles. The molecule has 2 aromatic heterocycles. The van der Waals surface area contributed by atoms with Crippen LogP contribution in [0.5, 0.6) is 0 Å². The smallest absolute Gasteiger partial charge is 0.325 e. The number of benzene rings is 2. The SMILES string of the molecule is CCOC(=O)Cn1cc(/C=C(/C#N)c2nc3ccccc3[nH]2)c2ccccc21. The lowest BCUT2D eigenvalue weighted by Crippen LogP contribution is -2.12. The number of rotatable bonds is 5. The van der Waals surface area contributed by atoms with Crippen molar-refractivity contribution in [1.82, 2.24) is 14.5 Å². The Hall–Kier alpha value is -3.85. The van der Waals surface area contributed by atoms with Gasteiger partial charge in [0.25, 0.3) is 0 Å². The Morgan fingerprint density at radius 3 is 2.82 bits per heavy atom. The Morgan fingerprint density at radius 2 is 2.04 bits per heavy atom. The Kier molecular flexibility index (Phi) is 4.65. The van der Waals surface area contributed by atoms with E-state index in [-0.39, 0.29) is 12.5 Å². The minimum Gasteiger partial charge on any atom is -0.465 e. The molecule has 4 aromatic rings. The largest absolute Gasteiger partial charge is 0.465 e. The summed E-state index contributed by atoms with van der Waals surface area (Å²) in [5.41, 5.74) is 3.86. The first-order valence-electron chi connectivity index (χ1n) is 9.00. The summed E-state index contributed by atoms with van der Waals surface area (Å²) in [5.74, 6) is 0.225. The number of carbonyl (C=O) groups is 1. The van der Waals surface area contributed by atoms with E-state index in [1.54, 1.807) is 13.0 Å². The molecule has 0 radical (unpaired) electrons. The first-order valence-corrected chi connectivity index (χ1v) is 9.00. The second-order valence-corrected chi connectivity index (χ2v) is 6.31. The highest BCUT2D eigenvalue weighted by Crippen LogP contribution is 2.26. The van der Waals surface area contributed by atoms with Gasteiger partial charge in [-0.3, -0.25) is 4.79 Å². The molecule has 28 heavy (non-hydrogen) atoms. The highest BCUT2D eigenvalue weighted by molar-refractivity contribution is 5.98. The summed E-state index contributed by atoms with van der Waals surface area (Å²) in [6.07, 6.45) is 3.66. The standard InChI is InChI=1S/C22H18N4O2/c1-2-28-21(27)14-26-13-16(17-7-3-6-10-20(17)26)11-15(12-23)22-24-18-8-4-5-9-19(18)25-22/h3-11,13H,2,14H2,1H3,(H,24,25)/b15-11-. The van der Waals surface area contributed by atoms with Crippen molar-refractivity contribution in [3.05, 3.63) is 66.1 Å². The molecule has 0 aliphatic heterocycles. The maximum atomic E-state index is 11.9. The second-order valence-electron chi connectivity index (χ2n) is 6.31. The average molecular weight is 370 g/mol. The van der Waals surface area contributed by atoms with Crippen LogP contribution in [0.4, 0.5) is 0 Å². The number of nitriles is 1. The number of para-hydroxylation sites is 3. The van der Waals surface area contributed by atoms with E-state index >= 15 is 0 Å². The quantitative estimate of drug-likeness (QED) is 0.423. The van der Waals surface area contributed by atoms with Crippen LogP contribution < -0.4 is 0 Å². The fourth-order valence-electron chi connectivity index (χ4n) is 3.26. The average Bonchev–Trinajstić information content (AvgIpc) is 3.28. The monoisotopic (exact) mass is 370 g/mol. The molecule has 0 atom stereocenters. The molecule has 6 nitrogen and oxygen atoms in total. The van der Waals surface area contributed by atoms with Crippen molar-refractivity contribution in [1.29, 1.82) is 5.26 Å². The van der Waals surface area contributed by atoms with E-state index < -0.39 is 0 Å². The van der Waals surface area contributed by atoms with Gasteiger partial charge in [0.15, 0.2) is 0 Å². The number of allylic oxidation sites excluding steroid dienone is 1. The van der Waals surface area contributed by atoms with Crippen molar-refractivity contribution >= 4 is 39.6 Å². The summed E-state index contributed by atoms with van der Waals surface area (Å²) in [5, 5.41) is 10.7. The lowest BCUT2D eigenvalue weighted by atomic mass is 10.1. The maximum Gasteiger partial charge on any atom is 0.325 e. The molecule has 0 amide bonds. The third-order valence-electron chi connectivity index (χ3n) is 4.49. The molecule has 4 rings (SSSR count). The Labute approximate surface area is 161 Å². The second kappa shape index (κ2) is 7.41. The number of ether oxygens (including phenoxy) is 1. The molecule has 0 unspecified atom stereocenters. The Bertz CT molecular complexity index is 1210. The van der Waals surface area contributed by atoms with E-state index in [1.807, 2.05) is 59.3 Å². The number of H-pyrrole nitrogens is 1. The van der Waals surface area contributed by atoms with Crippen LogP contribution >= 0.6 is 0 Å². The summed E-state index contributed by atoms with van der Waals surface area (Å²) in [6, 6.07) is 17.6. The van der Waals surface area contributed by atoms with Crippen molar-refractivity contribution in [2.24, 2.45) is 0 Å². The highest BCUT2D eigenvalue weighted by atomic mass is 16.5. The van der Waals surface area contributed by atoms with Crippen LogP contribution in [0.15, 0.2) is 54.7 Å². The van der Waals surface area contributed by atoms with Crippen molar-refractivity contribution in [3.63, 3.8) is 0 Å². The lowest BCUT2D eigenvalue weighted by Gasteiger charge is -2.04. The maximum absolute atomic E-state index is 11.9. The number of imidazole rings is 1. The van der Waals surface area contributed by atoms with Crippen molar-refractivity contribution in [3.8, 4) is 6.07 Å². The van der Waals surface area contributed by atoms with Gasteiger partial charge in [-0.05, 0) is 31.2 Å². The predicted molar refractivity (Wildman–Crippen MR) is 108 cm³/mol. The van der Waals surface area contributed by atoms with Gasteiger partial charge >= 0.3 is 5.97 Å². The molecule has 2 heterocycles. The zero-order chi connectivity index (χ0) is 19.5. The van der Waals surface area contributed by atoms with Crippen LogP contribution in [-0.2, 0) is 16.1 Å². The van der Waals surface area contributed by atoms with E-state index in [0.717, 1.165) is 27.5 Å². The molecule has 0 saturated carbocycles. The lowest BCUT2D eigenvalue weighted by molar-refractivity contribution is -0.143. The third-order valence-corrected chi connectivity index (χ3v) is 4.49. The summed E-state index contributed by atoms with van der Waals surface area (Å²) in [7, 11) is 0. The number of nitrogens with zero attached hydrogens (tertiary/aromatic N) is 3. The van der Waals surface area contributed by atoms with Crippen LogP contribution in [0.3, 0.4) is 0 Å². The summed E-state index contributed by atoms with van der Waals surface area (Å²) in [4.78, 5) is 19.6. The normalized spacial score (nSPS) is 11.6. The molecule has 0 bridgehead atoms. The molecular weight excluding hydrogens is 352 g/mol. The minimum atomic E-state index is -0.295. The number of aromatic nitrogens is 3. The fourth-order valence-corrected chi connectivity index (χ4v) is 3.26. The van der Waals surface area contributed by atoms with Gasteiger partial charge in [-0.25, -0.2) is 4.98 Å². The van der Waals surface area contributed by atoms with E-state index in [0.29, 0.717) is 18.0 Å². The van der Waals surface area contributed by atoms with Crippen molar-refractivity contribution in [2.75, 3.05) is 6.61 Å². The molecule has 138 valence electrons. The molecule has 1 N–H and O–H groups in total. The summed E-state index contributed by atoms with van der Waals surface area (Å²) in [6.45, 7) is 2.25. The van der Waals surface area contributed by atoms with Crippen LogP contribution in [0.2, 0.25) is 0 Å². The Balaban J connectivity index is 1.79. The molecular formula is C22H18N4O2. The molecule has 0 fully saturated rings. The van der Waals surface area contributed by atoms with Gasteiger partial charge in [0.05, 0.1) is 23.2 Å². The molecule has 0 spiro atoms. The zero-order valence-electron chi connectivity index (χ0n) is 15.3. The summed E-state index contributed by atoms with van der Waals surface area (Å²) < 4.78 is 6.91. The zero-order valence-corrected chi connectivity index (χ0v) is 15.3. The molecule has 6 heteroatoms. The van der Waals surface area contributed by atoms with Gasteiger partial charge in [-0.1, -0.05) is 30.3 Å². The number of aromatic amines is 1. The first kappa shape index (κ1) is 17.6. The molecule has 2 aromatic carbocycles. The van der Waals surface area contributed by atoms with Crippen molar-refractivity contribution in [2.45, 2.75) is 13.5 Å². The minimum absolute atomic E-state index is 0.120. The van der Waals surface area contributed by atoms with Gasteiger partial charge in [0, 0.05) is 22.7 Å². The van der Waals surface area contributed by atoms with E-state index in [2.05, 4.69) is 16.0 Å². The Morgan fingerprint density at radius 1 is 1.25 bits per heavy atom. The van der Waals surface area contributed by atoms with Crippen LogP contribution in [0.25, 0.3) is 33.6 Å². The number of esters is 1. The van der Waals surface area contributed by atoms with Crippen molar-refractivity contribution < 1.29 is 9.53 Å². The van der Waals surface area contributed by atoms with E-state index in [9.17, 15) is 10.1 Å². The van der Waals surface area contributed by atoms with Crippen LogP contribution in [-0.4, -0.2) is 27.1 Å². The number of nitrogens with one attached hydrogen (secondary N) is 1. The van der Waals surface area contributed by atoms with E-state index in [1.165, 1.54) is 0 Å². The number of hydrogen-bond acceptors (Lipinski definition) is 4. The van der Waals surface area contributed by atoms with Gasteiger partial charge in [0.1, 0.15) is 18.4 Å². The fraction of sp³-hybridized carbons (Fsp3) is 0.136. The van der Waals surface area contributed by atoms with Gasteiger partial charge in [-0.2, -0.15) is 5.26 Å².